The summed E-state index contributed by atoms with van der Waals surface area (Å²) in [4.78, 5) is 35.7. The van der Waals surface area contributed by atoms with Crippen LogP contribution in [-0.4, -0.2) is 61.9 Å². The van der Waals surface area contributed by atoms with Gasteiger partial charge < -0.3 is 14.0 Å². The lowest BCUT2D eigenvalue weighted by molar-refractivity contribution is -0.139. The first kappa shape index (κ1) is 22.0. The highest BCUT2D eigenvalue weighted by molar-refractivity contribution is 7.81. The zero-order chi connectivity index (χ0) is 21.9. The Morgan fingerprint density at radius 2 is 1.93 bits per heavy atom. The number of carboxylic acids is 1. The van der Waals surface area contributed by atoms with Gasteiger partial charge in [0.25, 0.3) is 5.91 Å². The van der Waals surface area contributed by atoms with Crippen molar-refractivity contribution in [2.45, 2.75) is 37.7 Å². The molecular weight excluding hydrogens is 423 g/mol. The van der Waals surface area contributed by atoms with Crippen LogP contribution in [0.4, 0.5) is 3.89 Å². The van der Waals surface area contributed by atoms with E-state index in [1.54, 1.807) is 11.0 Å². The Kier molecular flexibility index (Phi) is 6.56. The van der Waals surface area contributed by atoms with Crippen molar-refractivity contribution in [3.05, 3.63) is 23.8 Å². The number of nitrogens with zero attached hydrogens (tertiary/aromatic N) is 1. The minimum Gasteiger partial charge on any atom is -0.480 e. The molecule has 1 aromatic rings. The summed E-state index contributed by atoms with van der Waals surface area (Å²) in [6.45, 7) is 0.869. The molecule has 30 heavy (non-hydrogen) atoms. The van der Waals surface area contributed by atoms with Crippen LogP contribution in [0.2, 0.25) is 0 Å². The fraction of sp³-hybridized carbons (Fsp3) is 0.500. The molecule has 2 saturated heterocycles. The third kappa shape index (κ3) is 5.89. The quantitative estimate of drug-likeness (QED) is 0.460. The average Bonchev–Trinajstić information content (AvgIpc) is 2.63. The van der Waals surface area contributed by atoms with E-state index in [-0.39, 0.29) is 36.8 Å². The van der Waals surface area contributed by atoms with E-state index in [4.69, 9.17) is 9.84 Å². The van der Waals surface area contributed by atoms with Crippen LogP contribution in [-0.2, 0) is 24.9 Å². The number of nitrogens with one attached hydrogen (secondary N) is 1. The maximum atomic E-state index is 13.3. The third-order valence-electron chi connectivity index (χ3n) is 5.03. The van der Waals surface area contributed by atoms with Crippen molar-refractivity contribution in [2.75, 3.05) is 19.6 Å². The lowest BCUT2D eigenvalue weighted by Crippen LogP contribution is -2.46. The summed E-state index contributed by atoms with van der Waals surface area (Å²) in [6.07, 6.45) is 0.382. The summed E-state index contributed by atoms with van der Waals surface area (Å²) in [6, 6.07) is 4.25. The van der Waals surface area contributed by atoms with Crippen LogP contribution in [0.3, 0.4) is 0 Å². The molecule has 0 saturated carbocycles. The molecule has 2 aliphatic heterocycles. The van der Waals surface area contributed by atoms with Gasteiger partial charge in [0, 0.05) is 18.9 Å². The second-order valence-corrected chi connectivity index (χ2v) is 8.13. The number of benzene rings is 1. The fourth-order valence-electron chi connectivity index (χ4n) is 3.65. The number of hydrogen-bond acceptors (Lipinski definition) is 8. The van der Waals surface area contributed by atoms with Crippen LogP contribution in [0.1, 0.15) is 37.2 Å². The third-order valence-corrected chi connectivity index (χ3v) is 5.41. The van der Waals surface area contributed by atoms with Crippen LogP contribution in [0.5, 0.6) is 11.5 Å². The maximum absolute atomic E-state index is 13.3. The first-order valence-corrected chi connectivity index (χ1v) is 10.6. The number of piperidine rings is 2. The van der Waals surface area contributed by atoms with Gasteiger partial charge in [0.15, 0.2) is 11.9 Å². The molecule has 3 rings (SSSR count). The van der Waals surface area contributed by atoms with Crippen molar-refractivity contribution in [3.8, 4) is 11.5 Å². The number of ether oxygens (including phenoxy) is 1. The molecule has 1 atom stereocenters. The van der Waals surface area contributed by atoms with Crippen molar-refractivity contribution >= 4 is 28.3 Å². The number of imide groups is 1. The molecule has 2 amide bonds. The second kappa shape index (κ2) is 8.96. The van der Waals surface area contributed by atoms with Gasteiger partial charge in [0.05, 0.1) is 6.54 Å². The lowest BCUT2D eigenvalue weighted by Gasteiger charge is -2.31. The molecule has 1 unspecified atom stereocenters. The summed E-state index contributed by atoms with van der Waals surface area (Å²) in [5, 5.41) is 11.0. The Morgan fingerprint density at radius 1 is 1.23 bits per heavy atom. The highest BCUT2D eigenvalue weighted by atomic mass is 32.3. The van der Waals surface area contributed by atoms with E-state index in [2.05, 4.69) is 9.50 Å². The molecule has 0 bridgehead atoms. The molecule has 12 heteroatoms. The zero-order valence-corrected chi connectivity index (χ0v) is 16.7. The zero-order valence-electron chi connectivity index (χ0n) is 15.9. The number of carboxylic acid groups (broad SMARTS) is 1. The average molecular weight is 444 g/mol. The van der Waals surface area contributed by atoms with E-state index in [0.717, 1.165) is 0 Å². The van der Waals surface area contributed by atoms with Crippen LogP contribution in [0.15, 0.2) is 18.2 Å². The van der Waals surface area contributed by atoms with E-state index >= 15 is 0 Å². The van der Waals surface area contributed by atoms with Gasteiger partial charge in [-0.3, -0.25) is 24.6 Å². The first-order chi connectivity index (χ1) is 14.1. The molecule has 2 fully saturated rings. The normalized spacial score (nSPS) is 21.2. The molecule has 10 nitrogen and oxygen atoms in total. The van der Waals surface area contributed by atoms with Crippen LogP contribution >= 0.6 is 0 Å². The van der Waals surface area contributed by atoms with Crippen molar-refractivity contribution < 1.29 is 40.7 Å². The molecule has 164 valence electrons. The van der Waals surface area contributed by atoms with Gasteiger partial charge in [0.1, 0.15) is 5.75 Å². The first-order valence-electron chi connectivity index (χ1n) is 9.33. The minimum atomic E-state index is -5.30. The van der Waals surface area contributed by atoms with Gasteiger partial charge in [-0.25, -0.2) is 0 Å². The number of carbonyl (C=O) groups is 3. The number of halogens is 1. The fourth-order valence-corrected chi connectivity index (χ4v) is 4.01. The van der Waals surface area contributed by atoms with Crippen LogP contribution < -0.4 is 14.2 Å². The summed E-state index contributed by atoms with van der Waals surface area (Å²) >= 11 is 0. The minimum absolute atomic E-state index is 0.0896. The largest absolute Gasteiger partial charge is 0.488 e. The number of rotatable bonds is 7. The number of carbonyl (C=O) groups excluding carboxylic acids is 2. The van der Waals surface area contributed by atoms with E-state index in [9.17, 15) is 26.7 Å². The van der Waals surface area contributed by atoms with Gasteiger partial charge in [0.2, 0.25) is 5.91 Å². The Morgan fingerprint density at radius 3 is 2.53 bits per heavy atom. The van der Waals surface area contributed by atoms with E-state index < -0.39 is 34.4 Å². The molecule has 0 spiro atoms. The Bertz CT molecular complexity index is 944. The van der Waals surface area contributed by atoms with Crippen molar-refractivity contribution in [1.29, 1.82) is 0 Å². The summed E-state index contributed by atoms with van der Waals surface area (Å²) in [7, 11) is -5.30. The molecule has 2 aliphatic rings. The summed E-state index contributed by atoms with van der Waals surface area (Å²) in [5.41, 5.74) is 0.446. The molecular formula is C18H21FN2O8S. The van der Waals surface area contributed by atoms with Crippen LogP contribution in [0, 0.1) is 0 Å². The SMILES string of the molecule is O=C(O)CN1CCC(c2ccc(OC3CCC(=O)NC3=O)cc2OS(=O)(=O)F)CC1. The highest BCUT2D eigenvalue weighted by Gasteiger charge is 2.30. The molecule has 2 N–H and O–H groups in total. The second-order valence-electron chi connectivity index (χ2n) is 7.18. The topological polar surface area (TPSA) is 139 Å². The van der Waals surface area contributed by atoms with Gasteiger partial charge in [-0.2, -0.15) is 8.42 Å². The Labute approximate surface area is 172 Å². The Hall–Kier alpha value is -2.73. The molecule has 1 aromatic carbocycles. The number of aliphatic carboxylic acids is 1. The Balaban J connectivity index is 1.77. The smallest absolute Gasteiger partial charge is 0.480 e. The van der Waals surface area contributed by atoms with E-state index in [1.807, 2.05) is 0 Å². The highest BCUT2D eigenvalue weighted by Crippen LogP contribution is 2.37. The molecule has 0 aliphatic carbocycles. The number of likely N-dealkylation sites (tertiary alicyclic amines) is 1. The van der Waals surface area contributed by atoms with Gasteiger partial charge in [-0.05, 0) is 43.5 Å². The monoisotopic (exact) mass is 444 g/mol. The predicted molar refractivity (Wildman–Crippen MR) is 99.9 cm³/mol. The van der Waals surface area contributed by atoms with Gasteiger partial charge >= 0.3 is 16.5 Å². The lowest BCUT2D eigenvalue weighted by atomic mass is 9.88. The van der Waals surface area contributed by atoms with Crippen molar-refractivity contribution in [2.24, 2.45) is 0 Å². The predicted octanol–water partition coefficient (Wildman–Crippen LogP) is 0.728. The molecule has 0 radical (unpaired) electrons. The van der Waals surface area contributed by atoms with Gasteiger partial charge in [-0.1, -0.05) is 9.95 Å². The van der Waals surface area contributed by atoms with Gasteiger partial charge in [-0.15, -0.1) is 0 Å². The summed E-state index contributed by atoms with van der Waals surface area (Å²) in [5.74, 6) is -2.28. The van der Waals surface area contributed by atoms with Crippen molar-refractivity contribution in [3.63, 3.8) is 0 Å². The standard InChI is InChI=1S/C18H21FN2O8S/c19-30(26,27)29-15-9-12(28-14-3-4-16(22)20-18(14)25)1-2-13(15)11-5-7-21(8-6-11)10-17(23)24/h1-2,9,11,14H,3-8,10H2,(H,23,24)(H,20,22,25). The van der Waals surface area contributed by atoms with E-state index in [1.165, 1.54) is 12.1 Å². The number of hydrogen-bond donors (Lipinski definition) is 2. The van der Waals surface area contributed by atoms with Crippen molar-refractivity contribution in [1.82, 2.24) is 10.2 Å². The molecule has 0 aromatic heterocycles. The number of amides is 2. The molecule has 2 heterocycles. The summed E-state index contributed by atoms with van der Waals surface area (Å²) < 4.78 is 45.5. The maximum Gasteiger partial charge on any atom is 0.488 e. The van der Waals surface area contributed by atoms with E-state index in [0.29, 0.717) is 31.5 Å². The van der Waals surface area contributed by atoms with Crippen LogP contribution in [0.25, 0.3) is 0 Å².